The van der Waals surface area contributed by atoms with Gasteiger partial charge in [0.1, 0.15) is 5.15 Å². The van der Waals surface area contributed by atoms with Crippen molar-refractivity contribution in [1.82, 2.24) is 9.78 Å². The van der Waals surface area contributed by atoms with E-state index in [0.717, 1.165) is 16.1 Å². The van der Waals surface area contributed by atoms with Crippen molar-refractivity contribution in [2.45, 2.75) is 26.4 Å². The molecule has 92 valence electrons. The van der Waals surface area contributed by atoms with Gasteiger partial charge in [-0.1, -0.05) is 11.6 Å². The molecule has 3 nitrogen and oxygen atoms in total. The van der Waals surface area contributed by atoms with Gasteiger partial charge in [0.2, 0.25) is 0 Å². The van der Waals surface area contributed by atoms with E-state index in [2.05, 4.69) is 5.10 Å². The standard InChI is InChI=1S/C12H15ClN2OS/c1-7-4-5-11(17-7)10(16)6-9-8(2)14-15(3)12(9)13/h4-5,10,16H,6H2,1-3H3. The predicted octanol–water partition coefficient (Wildman–Crippen LogP) is 3.03. The highest BCUT2D eigenvalue weighted by Crippen LogP contribution is 2.29. The molecule has 0 aromatic carbocycles. The molecule has 2 aromatic heterocycles. The smallest absolute Gasteiger partial charge is 0.130 e. The van der Waals surface area contributed by atoms with E-state index in [1.165, 1.54) is 4.88 Å². The van der Waals surface area contributed by atoms with E-state index in [1.54, 1.807) is 23.1 Å². The summed E-state index contributed by atoms with van der Waals surface area (Å²) >= 11 is 7.76. The number of aryl methyl sites for hydroxylation is 3. The van der Waals surface area contributed by atoms with Crippen molar-refractivity contribution in [2.75, 3.05) is 0 Å². The zero-order valence-corrected chi connectivity index (χ0v) is 11.6. The van der Waals surface area contributed by atoms with Gasteiger partial charge >= 0.3 is 0 Å². The molecule has 0 aliphatic carbocycles. The molecular formula is C12H15ClN2OS. The van der Waals surface area contributed by atoms with Gasteiger partial charge in [0.25, 0.3) is 0 Å². The Kier molecular flexibility index (Phi) is 3.56. The third kappa shape index (κ3) is 2.54. The molecule has 2 heterocycles. The second-order valence-electron chi connectivity index (χ2n) is 4.15. The SMILES string of the molecule is Cc1ccc(C(O)Cc2c(C)nn(C)c2Cl)s1. The van der Waals surface area contributed by atoms with Crippen molar-refractivity contribution in [3.8, 4) is 0 Å². The Balaban J connectivity index is 2.21. The Bertz CT molecular complexity index is 533. The number of nitrogens with zero attached hydrogens (tertiary/aromatic N) is 2. The minimum Gasteiger partial charge on any atom is -0.387 e. The Labute approximate surface area is 110 Å². The first-order valence-corrected chi connectivity index (χ1v) is 6.61. The van der Waals surface area contributed by atoms with E-state index in [0.29, 0.717) is 11.6 Å². The average Bonchev–Trinajstić information content (AvgIpc) is 2.79. The highest BCUT2D eigenvalue weighted by atomic mass is 35.5. The van der Waals surface area contributed by atoms with Gasteiger partial charge in [-0.15, -0.1) is 11.3 Å². The third-order valence-corrected chi connectivity index (χ3v) is 4.33. The molecule has 2 rings (SSSR count). The fourth-order valence-electron chi connectivity index (χ4n) is 1.83. The summed E-state index contributed by atoms with van der Waals surface area (Å²) in [6, 6.07) is 3.98. The zero-order chi connectivity index (χ0) is 12.6. The van der Waals surface area contributed by atoms with E-state index in [4.69, 9.17) is 11.6 Å². The van der Waals surface area contributed by atoms with Crippen LogP contribution in [0.5, 0.6) is 0 Å². The number of hydrogen-bond acceptors (Lipinski definition) is 3. The van der Waals surface area contributed by atoms with Crippen molar-refractivity contribution >= 4 is 22.9 Å². The number of hydrogen-bond donors (Lipinski definition) is 1. The summed E-state index contributed by atoms with van der Waals surface area (Å²) in [4.78, 5) is 2.18. The molecule has 0 bridgehead atoms. The van der Waals surface area contributed by atoms with Gasteiger partial charge in [0, 0.05) is 28.8 Å². The van der Waals surface area contributed by atoms with Crippen molar-refractivity contribution in [1.29, 1.82) is 0 Å². The highest BCUT2D eigenvalue weighted by Gasteiger charge is 2.17. The summed E-state index contributed by atoms with van der Waals surface area (Å²) in [5.41, 5.74) is 1.80. The van der Waals surface area contributed by atoms with Gasteiger partial charge in [0.15, 0.2) is 0 Å². The second-order valence-corrected chi connectivity index (χ2v) is 5.82. The van der Waals surface area contributed by atoms with Gasteiger partial charge in [-0.2, -0.15) is 5.10 Å². The molecule has 1 N–H and O–H groups in total. The van der Waals surface area contributed by atoms with E-state index in [1.807, 2.05) is 26.0 Å². The van der Waals surface area contributed by atoms with Crippen molar-refractivity contribution in [3.63, 3.8) is 0 Å². The van der Waals surface area contributed by atoms with Crippen molar-refractivity contribution < 1.29 is 5.11 Å². The van der Waals surface area contributed by atoms with Crippen LogP contribution in [0.2, 0.25) is 5.15 Å². The predicted molar refractivity (Wildman–Crippen MR) is 70.7 cm³/mol. The fraction of sp³-hybridized carbons (Fsp3) is 0.417. The summed E-state index contributed by atoms with van der Waals surface area (Å²) in [7, 11) is 1.81. The molecule has 1 unspecified atom stereocenters. The number of thiophene rings is 1. The van der Waals surface area contributed by atoms with E-state index in [9.17, 15) is 5.11 Å². The zero-order valence-electron chi connectivity index (χ0n) is 10.1. The van der Waals surface area contributed by atoms with Crippen LogP contribution in [0.15, 0.2) is 12.1 Å². The molecule has 1 atom stereocenters. The Morgan fingerprint density at radius 3 is 2.65 bits per heavy atom. The number of aromatic nitrogens is 2. The van der Waals surface area contributed by atoms with Gasteiger partial charge in [-0.3, -0.25) is 4.68 Å². The van der Waals surface area contributed by atoms with Crippen LogP contribution >= 0.6 is 22.9 Å². The Hall–Kier alpha value is -0.840. The summed E-state index contributed by atoms with van der Waals surface area (Å²) < 4.78 is 1.64. The number of halogens is 1. The van der Waals surface area contributed by atoms with Gasteiger partial charge in [-0.25, -0.2) is 0 Å². The molecule has 5 heteroatoms. The molecule has 0 aliphatic heterocycles. The highest BCUT2D eigenvalue weighted by molar-refractivity contribution is 7.12. The summed E-state index contributed by atoms with van der Waals surface area (Å²) in [6.45, 7) is 3.94. The fourth-order valence-corrected chi connectivity index (χ4v) is 2.95. The van der Waals surface area contributed by atoms with Gasteiger partial charge in [-0.05, 0) is 26.0 Å². The molecule has 0 saturated heterocycles. The lowest BCUT2D eigenvalue weighted by Crippen LogP contribution is -2.00. The average molecular weight is 271 g/mol. The maximum absolute atomic E-state index is 10.2. The molecule has 2 aromatic rings. The topological polar surface area (TPSA) is 38.1 Å². The van der Waals surface area contributed by atoms with Crippen LogP contribution in [-0.4, -0.2) is 14.9 Å². The van der Waals surface area contributed by atoms with Crippen molar-refractivity contribution in [3.05, 3.63) is 38.3 Å². The summed E-state index contributed by atoms with van der Waals surface area (Å²) in [5.74, 6) is 0. The monoisotopic (exact) mass is 270 g/mol. The number of aliphatic hydroxyl groups is 1. The van der Waals surface area contributed by atoms with E-state index < -0.39 is 6.10 Å². The lowest BCUT2D eigenvalue weighted by molar-refractivity contribution is 0.182. The van der Waals surface area contributed by atoms with Crippen molar-refractivity contribution in [2.24, 2.45) is 7.05 Å². The largest absolute Gasteiger partial charge is 0.387 e. The van der Waals surface area contributed by atoms with Crippen LogP contribution in [-0.2, 0) is 13.5 Å². The van der Waals surface area contributed by atoms with Crippen LogP contribution in [0, 0.1) is 13.8 Å². The second kappa shape index (κ2) is 4.80. The quantitative estimate of drug-likeness (QED) is 0.931. The first kappa shape index (κ1) is 12.6. The normalized spacial score (nSPS) is 13.0. The molecular weight excluding hydrogens is 256 g/mol. The number of aliphatic hydroxyl groups excluding tert-OH is 1. The van der Waals surface area contributed by atoms with Crippen LogP contribution in [0.25, 0.3) is 0 Å². The van der Waals surface area contributed by atoms with Crippen LogP contribution in [0.4, 0.5) is 0 Å². The molecule has 0 radical (unpaired) electrons. The molecule has 0 amide bonds. The van der Waals surface area contributed by atoms with Gasteiger partial charge < -0.3 is 5.11 Å². The Morgan fingerprint density at radius 2 is 2.18 bits per heavy atom. The molecule has 0 aliphatic rings. The van der Waals surface area contributed by atoms with Crippen LogP contribution in [0.3, 0.4) is 0 Å². The minimum atomic E-state index is -0.505. The lowest BCUT2D eigenvalue weighted by Gasteiger charge is -2.08. The first-order valence-electron chi connectivity index (χ1n) is 5.41. The summed E-state index contributed by atoms with van der Waals surface area (Å²) in [6.07, 6.45) is 0.00690. The maximum Gasteiger partial charge on any atom is 0.130 e. The third-order valence-electron chi connectivity index (χ3n) is 2.76. The van der Waals surface area contributed by atoms with E-state index in [-0.39, 0.29) is 0 Å². The van der Waals surface area contributed by atoms with Gasteiger partial charge in [0.05, 0.1) is 11.8 Å². The van der Waals surface area contributed by atoms with Crippen LogP contribution in [0.1, 0.15) is 27.1 Å². The number of rotatable bonds is 3. The molecule has 0 fully saturated rings. The maximum atomic E-state index is 10.2. The molecule has 17 heavy (non-hydrogen) atoms. The molecule has 0 saturated carbocycles. The van der Waals surface area contributed by atoms with Crippen LogP contribution < -0.4 is 0 Å². The van der Waals surface area contributed by atoms with E-state index >= 15 is 0 Å². The summed E-state index contributed by atoms with van der Waals surface area (Å²) in [5, 5.41) is 15.0. The lowest BCUT2D eigenvalue weighted by atomic mass is 10.1. The minimum absolute atomic E-state index is 0.505. The first-order chi connectivity index (χ1) is 7.99. The molecule has 0 spiro atoms. The Morgan fingerprint density at radius 1 is 1.47 bits per heavy atom.